The van der Waals surface area contributed by atoms with E-state index >= 15 is 0 Å². The second-order valence-electron chi connectivity index (χ2n) is 5.84. The van der Waals surface area contributed by atoms with Crippen LogP contribution in [0.2, 0.25) is 0 Å². The van der Waals surface area contributed by atoms with Gasteiger partial charge in [-0.05, 0) is 50.2 Å². The molecule has 1 N–H and O–H groups in total. The summed E-state index contributed by atoms with van der Waals surface area (Å²) < 4.78 is 5.53. The number of carbonyl (C=O) groups excluding carboxylic acids is 3. The van der Waals surface area contributed by atoms with Crippen molar-refractivity contribution in [3.63, 3.8) is 0 Å². The van der Waals surface area contributed by atoms with Crippen LogP contribution in [0.4, 0.5) is 5.69 Å². The average Bonchev–Trinajstić information content (AvgIpc) is 2.82. The Hall–Kier alpha value is -3.22. The number of rotatable bonds is 5. The molecule has 7 heteroatoms. The zero-order valence-corrected chi connectivity index (χ0v) is 13.9. The van der Waals surface area contributed by atoms with Crippen LogP contribution in [0, 0.1) is 0 Å². The second kappa shape index (κ2) is 6.72. The van der Waals surface area contributed by atoms with Crippen LogP contribution in [-0.2, 0) is 4.79 Å². The summed E-state index contributed by atoms with van der Waals surface area (Å²) in [5, 5.41) is 2.66. The molecule has 3 rings (SSSR count). The zero-order valence-electron chi connectivity index (χ0n) is 13.9. The fourth-order valence-electron chi connectivity index (χ4n) is 2.49. The Morgan fingerprint density at radius 1 is 1.16 bits per heavy atom. The van der Waals surface area contributed by atoms with E-state index in [0.29, 0.717) is 11.4 Å². The van der Waals surface area contributed by atoms with Crippen molar-refractivity contribution in [2.24, 2.45) is 0 Å². The van der Waals surface area contributed by atoms with E-state index in [1.165, 1.54) is 12.3 Å². The van der Waals surface area contributed by atoms with Gasteiger partial charge < -0.3 is 10.1 Å². The molecule has 0 radical (unpaired) electrons. The number of anilines is 1. The number of hydrogen-bond donors (Lipinski definition) is 1. The SMILES string of the molecule is CC(C)Oc1ccc(NC(=O)CN2C(=O)c3cccnc3C2=O)cc1. The van der Waals surface area contributed by atoms with Crippen LogP contribution in [0.25, 0.3) is 0 Å². The molecule has 1 aliphatic rings. The van der Waals surface area contributed by atoms with Gasteiger partial charge in [0.25, 0.3) is 11.8 Å². The lowest BCUT2D eigenvalue weighted by atomic mass is 10.2. The van der Waals surface area contributed by atoms with Crippen LogP contribution < -0.4 is 10.1 Å². The Morgan fingerprint density at radius 2 is 1.88 bits per heavy atom. The Bertz CT molecular complexity index is 795. The molecular formula is C18H17N3O4. The summed E-state index contributed by atoms with van der Waals surface area (Å²) in [7, 11) is 0. The molecule has 3 amide bonds. The monoisotopic (exact) mass is 339 g/mol. The predicted octanol–water partition coefficient (Wildman–Crippen LogP) is 2.10. The van der Waals surface area contributed by atoms with Crippen molar-refractivity contribution in [1.29, 1.82) is 0 Å². The van der Waals surface area contributed by atoms with Crippen molar-refractivity contribution in [3.8, 4) is 5.75 Å². The lowest BCUT2D eigenvalue weighted by molar-refractivity contribution is -0.116. The molecule has 2 heterocycles. The third-order valence-electron chi connectivity index (χ3n) is 3.54. The number of pyridine rings is 1. The highest BCUT2D eigenvalue weighted by Crippen LogP contribution is 2.21. The van der Waals surface area contributed by atoms with E-state index < -0.39 is 17.7 Å². The Balaban J connectivity index is 1.64. The molecule has 0 unspecified atom stereocenters. The van der Waals surface area contributed by atoms with Crippen molar-refractivity contribution in [3.05, 3.63) is 53.9 Å². The molecule has 0 aliphatic carbocycles. The van der Waals surface area contributed by atoms with E-state index in [2.05, 4.69) is 10.3 Å². The highest BCUT2D eigenvalue weighted by molar-refractivity contribution is 6.21. The second-order valence-corrected chi connectivity index (χ2v) is 5.84. The van der Waals surface area contributed by atoms with E-state index in [4.69, 9.17) is 4.74 Å². The Labute approximate surface area is 144 Å². The molecule has 7 nitrogen and oxygen atoms in total. The van der Waals surface area contributed by atoms with Gasteiger partial charge in [-0.1, -0.05) is 0 Å². The number of ether oxygens (including phenoxy) is 1. The maximum Gasteiger partial charge on any atom is 0.280 e. The molecule has 25 heavy (non-hydrogen) atoms. The number of nitrogens with one attached hydrogen (secondary N) is 1. The number of amides is 3. The van der Waals surface area contributed by atoms with E-state index in [1.54, 1.807) is 30.3 Å². The number of fused-ring (bicyclic) bond motifs is 1. The molecule has 0 fully saturated rings. The minimum absolute atomic E-state index is 0.0582. The van der Waals surface area contributed by atoms with Crippen molar-refractivity contribution in [1.82, 2.24) is 9.88 Å². The molecule has 1 aromatic carbocycles. The van der Waals surface area contributed by atoms with Crippen LogP contribution in [0.15, 0.2) is 42.6 Å². The fourth-order valence-corrected chi connectivity index (χ4v) is 2.49. The molecule has 0 saturated carbocycles. The highest BCUT2D eigenvalue weighted by Gasteiger charge is 2.37. The van der Waals surface area contributed by atoms with E-state index in [-0.39, 0.29) is 23.9 Å². The van der Waals surface area contributed by atoms with Gasteiger partial charge in [0.05, 0.1) is 11.7 Å². The van der Waals surface area contributed by atoms with Gasteiger partial charge in [-0.25, -0.2) is 0 Å². The molecule has 2 aromatic rings. The summed E-state index contributed by atoms with van der Waals surface area (Å²) in [5.74, 6) is -0.841. The molecular weight excluding hydrogens is 322 g/mol. The van der Waals surface area contributed by atoms with Gasteiger partial charge in [0.1, 0.15) is 18.0 Å². The predicted molar refractivity (Wildman–Crippen MR) is 90.4 cm³/mol. The number of benzene rings is 1. The van der Waals surface area contributed by atoms with Gasteiger partial charge in [-0.3, -0.25) is 24.3 Å². The van der Waals surface area contributed by atoms with Crippen molar-refractivity contribution in [2.45, 2.75) is 20.0 Å². The Morgan fingerprint density at radius 3 is 2.52 bits per heavy atom. The zero-order chi connectivity index (χ0) is 18.0. The lowest BCUT2D eigenvalue weighted by Gasteiger charge is -2.14. The molecule has 0 saturated heterocycles. The third-order valence-corrected chi connectivity index (χ3v) is 3.54. The van der Waals surface area contributed by atoms with Gasteiger partial charge in [-0.15, -0.1) is 0 Å². The first-order valence-corrected chi connectivity index (χ1v) is 7.83. The third kappa shape index (κ3) is 3.50. The summed E-state index contributed by atoms with van der Waals surface area (Å²) in [4.78, 5) is 41.4. The van der Waals surface area contributed by atoms with Gasteiger partial charge >= 0.3 is 0 Å². The number of nitrogens with zero attached hydrogens (tertiary/aromatic N) is 2. The summed E-state index contributed by atoms with van der Waals surface area (Å²) in [6.07, 6.45) is 1.50. The Kier molecular flexibility index (Phi) is 4.47. The van der Waals surface area contributed by atoms with Crippen molar-refractivity contribution >= 4 is 23.4 Å². The van der Waals surface area contributed by atoms with E-state index in [0.717, 1.165) is 4.90 Å². The first kappa shape index (κ1) is 16.6. The normalized spacial score (nSPS) is 13.2. The minimum atomic E-state index is -0.559. The summed E-state index contributed by atoms with van der Waals surface area (Å²) in [5.41, 5.74) is 0.849. The molecule has 128 valence electrons. The van der Waals surface area contributed by atoms with Crippen LogP contribution in [0.1, 0.15) is 34.7 Å². The first-order valence-electron chi connectivity index (χ1n) is 7.83. The topological polar surface area (TPSA) is 88.6 Å². The highest BCUT2D eigenvalue weighted by atomic mass is 16.5. The van der Waals surface area contributed by atoms with Gasteiger partial charge in [0, 0.05) is 11.9 Å². The van der Waals surface area contributed by atoms with Crippen molar-refractivity contribution in [2.75, 3.05) is 11.9 Å². The summed E-state index contributed by atoms with van der Waals surface area (Å²) >= 11 is 0. The minimum Gasteiger partial charge on any atom is -0.491 e. The maximum absolute atomic E-state index is 12.2. The molecule has 0 spiro atoms. The smallest absolute Gasteiger partial charge is 0.280 e. The number of carbonyl (C=O) groups is 3. The number of imide groups is 1. The van der Waals surface area contributed by atoms with Gasteiger partial charge in [-0.2, -0.15) is 0 Å². The summed E-state index contributed by atoms with van der Waals surface area (Å²) in [6.45, 7) is 3.48. The first-order chi connectivity index (χ1) is 12.0. The molecule has 0 atom stereocenters. The number of aromatic nitrogens is 1. The van der Waals surface area contributed by atoms with Crippen LogP contribution >= 0.6 is 0 Å². The van der Waals surface area contributed by atoms with Crippen LogP contribution in [0.3, 0.4) is 0 Å². The molecule has 1 aromatic heterocycles. The molecule has 1 aliphatic heterocycles. The van der Waals surface area contributed by atoms with Crippen LogP contribution in [-0.4, -0.2) is 40.3 Å². The maximum atomic E-state index is 12.2. The molecule has 0 bridgehead atoms. The van der Waals surface area contributed by atoms with Gasteiger partial charge in [0.2, 0.25) is 5.91 Å². The largest absolute Gasteiger partial charge is 0.491 e. The van der Waals surface area contributed by atoms with E-state index in [1.807, 2.05) is 13.8 Å². The van der Waals surface area contributed by atoms with Crippen LogP contribution in [0.5, 0.6) is 5.75 Å². The summed E-state index contributed by atoms with van der Waals surface area (Å²) in [6, 6.07) is 9.96. The fraction of sp³-hybridized carbons (Fsp3) is 0.222. The number of hydrogen-bond acceptors (Lipinski definition) is 5. The van der Waals surface area contributed by atoms with E-state index in [9.17, 15) is 14.4 Å². The lowest BCUT2D eigenvalue weighted by Crippen LogP contribution is -2.37. The van der Waals surface area contributed by atoms with Crippen molar-refractivity contribution < 1.29 is 19.1 Å². The van der Waals surface area contributed by atoms with Gasteiger partial charge in [0.15, 0.2) is 0 Å². The quantitative estimate of drug-likeness (QED) is 0.843. The standard InChI is InChI=1S/C18H17N3O4/c1-11(2)25-13-7-5-12(6-8-13)20-15(22)10-21-17(23)14-4-3-9-19-16(14)18(21)24/h3-9,11H,10H2,1-2H3,(H,20,22). The average molecular weight is 339 g/mol.